The molecule has 0 aliphatic rings. The molecule has 0 aliphatic heterocycles. The summed E-state index contributed by atoms with van der Waals surface area (Å²) < 4.78 is 27.7. The van der Waals surface area contributed by atoms with Crippen LogP contribution in [0.4, 0.5) is 5.82 Å². The molecular formula is C10H17BrN4O2S. The molecule has 1 heterocycles. The number of hydrogen-bond donors (Lipinski definition) is 3. The highest BCUT2D eigenvalue weighted by Crippen LogP contribution is 2.24. The van der Waals surface area contributed by atoms with Gasteiger partial charge in [-0.15, -0.1) is 0 Å². The first kappa shape index (κ1) is 15.4. The molecule has 1 aromatic heterocycles. The zero-order chi connectivity index (χ0) is 14.0. The lowest BCUT2D eigenvalue weighted by atomic mass is 10.0. The molecule has 18 heavy (non-hydrogen) atoms. The highest BCUT2D eigenvalue weighted by molar-refractivity contribution is 9.10. The van der Waals surface area contributed by atoms with Crippen molar-refractivity contribution >= 4 is 31.8 Å². The number of nitrogens with two attached hydrogens (primary N) is 1. The molecule has 4 N–H and O–H groups in total. The second kappa shape index (κ2) is 5.52. The number of halogens is 1. The van der Waals surface area contributed by atoms with Gasteiger partial charge in [0.2, 0.25) is 10.0 Å². The highest BCUT2D eigenvalue weighted by atomic mass is 79.9. The van der Waals surface area contributed by atoms with Crippen molar-refractivity contribution in [3.05, 3.63) is 16.7 Å². The number of pyridine rings is 1. The number of anilines is 1. The average molecular weight is 337 g/mol. The lowest BCUT2D eigenvalue weighted by Gasteiger charge is -2.24. The van der Waals surface area contributed by atoms with E-state index in [-0.39, 0.29) is 10.7 Å². The predicted octanol–water partition coefficient (Wildman–Crippen LogP) is 1.60. The van der Waals surface area contributed by atoms with Crippen molar-refractivity contribution in [2.45, 2.75) is 37.6 Å². The summed E-state index contributed by atoms with van der Waals surface area (Å²) >= 11 is 3.19. The molecule has 0 aromatic carbocycles. The summed E-state index contributed by atoms with van der Waals surface area (Å²) in [5, 5.41) is 0. The molecule has 8 heteroatoms. The summed E-state index contributed by atoms with van der Waals surface area (Å²) in [7, 11) is -3.68. The number of nitrogens with one attached hydrogen (secondary N) is 2. The molecule has 0 amide bonds. The third-order valence-corrected chi connectivity index (χ3v) is 4.69. The van der Waals surface area contributed by atoms with E-state index >= 15 is 0 Å². The van der Waals surface area contributed by atoms with Gasteiger partial charge in [0, 0.05) is 16.2 Å². The van der Waals surface area contributed by atoms with Gasteiger partial charge in [0.25, 0.3) is 0 Å². The first-order chi connectivity index (χ1) is 8.22. The second-order valence-corrected chi connectivity index (χ2v) is 7.05. The van der Waals surface area contributed by atoms with Crippen molar-refractivity contribution in [3.63, 3.8) is 0 Å². The normalized spacial score (nSPS) is 12.5. The van der Waals surface area contributed by atoms with E-state index in [9.17, 15) is 8.42 Å². The first-order valence-electron chi connectivity index (χ1n) is 5.38. The van der Waals surface area contributed by atoms with E-state index in [2.05, 4.69) is 31.1 Å². The van der Waals surface area contributed by atoms with Crippen molar-refractivity contribution in [2.75, 3.05) is 5.43 Å². The predicted molar refractivity (Wildman–Crippen MR) is 74.4 cm³/mol. The molecule has 102 valence electrons. The number of aromatic nitrogens is 1. The Kier molecular flexibility index (Phi) is 4.71. The summed E-state index contributed by atoms with van der Waals surface area (Å²) in [4.78, 5) is 3.93. The highest BCUT2D eigenvalue weighted by Gasteiger charge is 2.27. The third-order valence-electron chi connectivity index (χ3n) is 2.54. The fraction of sp³-hybridized carbons (Fsp3) is 0.500. The summed E-state index contributed by atoms with van der Waals surface area (Å²) in [5.74, 6) is 5.38. The topological polar surface area (TPSA) is 97.1 Å². The zero-order valence-corrected chi connectivity index (χ0v) is 12.9. The van der Waals surface area contributed by atoms with Gasteiger partial charge in [0.1, 0.15) is 4.90 Å². The molecule has 0 spiro atoms. The van der Waals surface area contributed by atoms with E-state index in [1.807, 2.05) is 20.8 Å². The van der Waals surface area contributed by atoms with Crippen LogP contribution in [-0.4, -0.2) is 18.9 Å². The monoisotopic (exact) mass is 336 g/mol. The third kappa shape index (κ3) is 3.64. The molecular weight excluding hydrogens is 320 g/mol. The Bertz CT molecular complexity index is 531. The van der Waals surface area contributed by atoms with Crippen LogP contribution in [0.5, 0.6) is 0 Å². The van der Waals surface area contributed by atoms with Gasteiger partial charge < -0.3 is 5.43 Å². The maximum atomic E-state index is 12.3. The minimum absolute atomic E-state index is 0.0147. The molecule has 0 fully saturated rings. The fourth-order valence-corrected chi connectivity index (χ4v) is 3.34. The Morgan fingerprint density at radius 2 is 2.11 bits per heavy atom. The summed E-state index contributed by atoms with van der Waals surface area (Å²) in [6.07, 6.45) is 2.14. The van der Waals surface area contributed by atoms with Crippen molar-refractivity contribution < 1.29 is 8.42 Å². The molecule has 0 bridgehead atoms. The number of hydrazine groups is 1. The quantitative estimate of drug-likeness (QED) is 0.560. The standard InChI is InChI=1S/C10H17BrN4O2S/c1-4-10(2,3)15-18(16,17)8-5-7(11)6-13-9(8)14-12/h5-6,15H,4,12H2,1-3H3,(H,13,14). The molecule has 0 radical (unpaired) electrons. The molecule has 0 saturated heterocycles. The van der Waals surface area contributed by atoms with Crippen LogP contribution in [0, 0.1) is 0 Å². The summed E-state index contributed by atoms with van der Waals surface area (Å²) in [6, 6.07) is 1.45. The van der Waals surface area contributed by atoms with Crippen LogP contribution in [-0.2, 0) is 10.0 Å². The van der Waals surface area contributed by atoms with Gasteiger partial charge in [-0.2, -0.15) is 0 Å². The number of hydrogen-bond acceptors (Lipinski definition) is 5. The van der Waals surface area contributed by atoms with Crippen LogP contribution in [0.1, 0.15) is 27.2 Å². The van der Waals surface area contributed by atoms with E-state index in [0.29, 0.717) is 10.9 Å². The lowest BCUT2D eigenvalue weighted by Crippen LogP contribution is -2.43. The Morgan fingerprint density at radius 3 is 2.61 bits per heavy atom. The van der Waals surface area contributed by atoms with Crippen molar-refractivity contribution in [3.8, 4) is 0 Å². The van der Waals surface area contributed by atoms with Gasteiger partial charge >= 0.3 is 0 Å². The molecule has 0 aliphatic carbocycles. The van der Waals surface area contributed by atoms with E-state index < -0.39 is 15.6 Å². The molecule has 0 unspecified atom stereocenters. The van der Waals surface area contributed by atoms with Crippen LogP contribution in [0.2, 0.25) is 0 Å². The van der Waals surface area contributed by atoms with E-state index in [4.69, 9.17) is 5.84 Å². The van der Waals surface area contributed by atoms with Gasteiger partial charge in [-0.3, -0.25) is 0 Å². The Balaban J connectivity index is 3.24. The smallest absolute Gasteiger partial charge is 0.244 e. The van der Waals surface area contributed by atoms with Crippen molar-refractivity contribution in [1.29, 1.82) is 0 Å². The van der Waals surface area contributed by atoms with Gasteiger partial charge in [0.15, 0.2) is 5.82 Å². The number of sulfonamides is 1. The minimum Gasteiger partial charge on any atom is -0.307 e. The van der Waals surface area contributed by atoms with Gasteiger partial charge in [-0.1, -0.05) is 6.92 Å². The average Bonchev–Trinajstić information content (AvgIpc) is 2.28. The Hall–Kier alpha value is -0.700. The number of nitrogens with zero attached hydrogens (tertiary/aromatic N) is 1. The number of rotatable bonds is 5. The maximum absolute atomic E-state index is 12.3. The number of nitrogen functional groups attached to an aromatic ring is 1. The van der Waals surface area contributed by atoms with E-state index in [1.165, 1.54) is 12.3 Å². The molecule has 1 rings (SSSR count). The zero-order valence-electron chi connectivity index (χ0n) is 10.5. The summed E-state index contributed by atoms with van der Waals surface area (Å²) in [5.41, 5.74) is 1.75. The van der Waals surface area contributed by atoms with Crippen LogP contribution in [0.3, 0.4) is 0 Å². The van der Waals surface area contributed by atoms with E-state index in [1.54, 1.807) is 0 Å². The summed E-state index contributed by atoms with van der Waals surface area (Å²) in [6.45, 7) is 5.53. The largest absolute Gasteiger partial charge is 0.307 e. The Labute approximate surface area is 116 Å². The minimum atomic E-state index is -3.68. The lowest BCUT2D eigenvalue weighted by molar-refractivity contribution is 0.439. The second-order valence-electron chi connectivity index (χ2n) is 4.49. The SMILES string of the molecule is CCC(C)(C)NS(=O)(=O)c1cc(Br)cnc1NN. The van der Waals surface area contributed by atoms with E-state index in [0.717, 1.165) is 0 Å². The van der Waals surface area contributed by atoms with Crippen LogP contribution < -0.4 is 16.0 Å². The Morgan fingerprint density at radius 1 is 1.50 bits per heavy atom. The van der Waals surface area contributed by atoms with Crippen LogP contribution >= 0.6 is 15.9 Å². The fourth-order valence-electron chi connectivity index (χ4n) is 1.22. The maximum Gasteiger partial charge on any atom is 0.244 e. The molecule has 1 aromatic rings. The first-order valence-corrected chi connectivity index (χ1v) is 7.65. The van der Waals surface area contributed by atoms with Crippen LogP contribution in [0.15, 0.2) is 21.6 Å². The van der Waals surface area contributed by atoms with Gasteiger partial charge in [-0.05, 0) is 42.3 Å². The van der Waals surface area contributed by atoms with Gasteiger partial charge in [-0.25, -0.2) is 24.0 Å². The van der Waals surface area contributed by atoms with Crippen LogP contribution in [0.25, 0.3) is 0 Å². The van der Waals surface area contributed by atoms with Crippen molar-refractivity contribution in [2.24, 2.45) is 5.84 Å². The van der Waals surface area contributed by atoms with Gasteiger partial charge in [0.05, 0.1) is 0 Å². The molecule has 0 atom stereocenters. The molecule has 6 nitrogen and oxygen atoms in total. The molecule has 0 saturated carbocycles. The van der Waals surface area contributed by atoms with Crippen molar-refractivity contribution in [1.82, 2.24) is 9.71 Å².